The van der Waals surface area contributed by atoms with Gasteiger partial charge in [0.15, 0.2) is 0 Å². The highest BCUT2D eigenvalue weighted by Crippen LogP contribution is 2.35. The van der Waals surface area contributed by atoms with Crippen LogP contribution in [0.1, 0.15) is 25.3 Å². The Morgan fingerprint density at radius 1 is 1.11 bits per heavy atom. The van der Waals surface area contributed by atoms with Gasteiger partial charge in [-0.1, -0.05) is 60.9 Å². The van der Waals surface area contributed by atoms with Gasteiger partial charge in [0, 0.05) is 4.90 Å². The summed E-state index contributed by atoms with van der Waals surface area (Å²) >= 11 is 13.4. The van der Waals surface area contributed by atoms with Crippen molar-refractivity contribution in [1.82, 2.24) is 4.98 Å². The van der Waals surface area contributed by atoms with Gasteiger partial charge in [-0.15, -0.1) is 0 Å². The third kappa shape index (κ3) is 3.56. The fourth-order valence-electron chi connectivity index (χ4n) is 1.57. The molecule has 2 rings (SSSR count). The Balaban J connectivity index is 2.24. The van der Waals surface area contributed by atoms with Crippen molar-refractivity contribution in [2.45, 2.75) is 29.7 Å². The number of hydrogen-bond acceptors (Lipinski definition) is 3. The van der Waals surface area contributed by atoms with Crippen LogP contribution >= 0.6 is 35.0 Å². The summed E-state index contributed by atoms with van der Waals surface area (Å²) in [4.78, 5) is 5.27. The summed E-state index contributed by atoms with van der Waals surface area (Å²) in [5.41, 5.74) is 7.00. The number of benzene rings is 1. The molecule has 0 saturated heterocycles. The average Bonchev–Trinajstić information content (AvgIpc) is 2.36. The van der Waals surface area contributed by atoms with Crippen LogP contribution in [0.15, 0.2) is 40.3 Å². The first-order valence-corrected chi connectivity index (χ1v) is 7.44. The highest BCUT2D eigenvalue weighted by atomic mass is 35.5. The molecule has 0 aliphatic carbocycles. The van der Waals surface area contributed by atoms with E-state index in [4.69, 9.17) is 28.9 Å². The number of aromatic nitrogens is 1. The third-order valence-electron chi connectivity index (χ3n) is 2.69. The minimum atomic E-state index is 0.298. The van der Waals surface area contributed by atoms with Crippen molar-refractivity contribution in [2.24, 2.45) is 0 Å². The van der Waals surface area contributed by atoms with E-state index in [0.717, 1.165) is 4.90 Å². The number of nitrogens with zero attached hydrogens (tertiary/aromatic N) is 1. The third-order valence-corrected chi connectivity index (χ3v) is 4.40. The van der Waals surface area contributed by atoms with Crippen LogP contribution < -0.4 is 5.73 Å². The fraction of sp³-hybridized carbons (Fsp3) is 0.214. The van der Waals surface area contributed by atoms with Crippen LogP contribution in [0.4, 0.5) is 5.82 Å². The predicted octanol–water partition coefficient (Wildman–Crippen LogP) is 5.25. The van der Waals surface area contributed by atoms with Gasteiger partial charge in [0.05, 0.1) is 10.0 Å². The maximum Gasteiger partial charge on any atom is 0.143 e. The van der Waals surface area contributed by atoms with Crippen LogP contribution in [0.5, 0.6) is 0 Å². The SMILES string of the molecule is CC(C)c1ccc(Sc2nc(N)c(Cl)cc2Cl)cc1. The maximum absolute atomic E-state index is 6.11. The van der Waals surface area contributed by atoms with Gasteiger partial charge < -0.3 is 5.73 Å². The zero-order valence-corrected chi connectivity index (χ0v) is 13.0. The molecule has 0 saturated carbocycles. The molecule has 0 fully saturated rings. The first kappa shape index (κ1) is 14.5. The summed E-state index contributed by atoms with van der Waals surface area (Å²) in [7, 11) is 0. The summed E-state index contributed by atoms with van der Waals surface area (Å²) in [6.07, 6.45) is 0. The van der Waals surface area contributed by atoms with Crippen LogP contribution in [-0.2, 0) is 0 Å². The van der Waals surface area contributed by atoms with Crippen LogP contribution in [-0.4, -0.2) is 4.98 Å². The lowest BCUT2D eigenvalue weighted by atomic mass is 10.0. The second-order valence-corrected chi connectivity index (χ2v) is 6.34. The van der Waals surface area contributed by atoms with Crippen LogP contribution in [0.3, 0.4) is 0 Å². The smallest absolute Gasteiger partial charge is 0.143 e. The fourth-order valence-corrected chi connectivity index (χ4v) is 2.84. The zero-order chi connectivity index (χ0) is 14.0. The van der Waals surface area contributed by atoms with Crippen molar-refractivity contribution < 1.29 is 0 Å². The normalized spacial score (nSPS) is 11.0. The molecule has 1 aromatic carbocycles. The van der Waals surface area contributed by atoms with Crippen LogP contribution in [0.25, 0.3) is 0 Å². The van der Waals surface area contributed by atoms with Crippen molar-refractivity contribution in [3.05, 3.63) is 45.9 Å². The van der Waals surface area contributed by atoms with Crippen LogP contribution in [0, 0.1) is 0 Å². The Kier molecular flexibility index (Phi) is 4.61. The minimum absolute atomic E-state index is 0.298. The molecule has 1 heterocycles. The first-order valence-electron chi connectivity index (χ1n) is 5.86. The molecule has 2 aromatic rings. The highest BCUT2D eigenvalue weighted by molar-refractivity contribution is 7.99. The zero-order valence-electron chi connectivity index (χ0n) is 10.7. The number of anilines is 1. The number of rotatable bonds is 3. The first-order chi connectivity index (χ1) is 8.97. The molecule has 0 unspecified atom stereocenters. The number of hydrogen-bond donors (Lipinski definition) is 1. The molecule has 19 heavy (non-hydrogen) atoms. The standard InChI is InChI=1S/C14H14Cl2N2S/c1-8(2)9-3-5-10(6-4-9)19-14-12(16)7-11(15)13(17)18-14/h3-8H,1-2H3,(H2,17,18). The molecule has 2 nitrogen and oxygen atoms in total. The maximum atomic E-state index is 6.11. The monoisotopic (exact) mass is 312 g/mol. The molecular weight excluding hydrogens is 299 g/mol. The second-order valence-electron chi connectivity index (χ2n) is 4.47. The molecule has 0 radical (unpaired) electrons. The summed E-state index contributed by atoms with van der Waals surface area (Å²) in [5, 5.41) is 1.56. The van der Waals surface area contributed by atoms with E-state index < -0.39 is 0 Å². The molecule has 1 aromatic heterocycles. The van der Waals surface area contributed by atoms with Crippen LogP contribution in [0.2, 0.25) is 10.0 Å². The molecule has 0 atom stereocenters. The number of nitrogens with two attached hydrogens (primary N) is 1. The van der Waals surface area contributed by atoms with Crippen molar-refractivity contribution in [3.63, 3.8) is 0 Å². The van der Waals surface area contributed by atoms with Crippen molar-refractivity contribution in [1.29, 1.82) is 0 Å². The topological polar surface area (TPSA) is 38.9 Å². The summed E-state index contributed by atoms with van der Waals surface area (Å²) in [6, 6.07) is 9.96. The van der Waals surface area contributed by atoms with Gasteiger partial charge in [-0.3, -0.25) is 0 Å². The van der Waals surface area contributed by atoms with E-state index in [-0.39, 0.29) is 0 Å². The van der Waals surface area contributed by atoms with E-state index in [9.17, 15) is 0 Å². The van der Waals surface area contributed by atoms with E-state index in [2.05, 4.69) is 43.1 Å². The molecule has 2 N–H and O–H groups in total. The summed E-state index contributed by atoms with van der Waals surface area (Å²) in [6.45, 7) is 4.33. The molecule has 0 spiro atoms. The van der Waals surface area contributed by atoms with Gasteiger partial charge in [0.1, 0.15) is 10.8 Å². The molecule has 0 bridgehead atoms. The van der Waals surface area contributed by atoms with Crippen molar-refractivity contribution >= 4 is 40.8 Å². The van der Waals surface area contributed by atoms with E-state index in [1.165, 1.54) is 17.3 Å². The molecule has 0 aliphatic rings. The average molecular weight is 313 g/mol. The van der Waals surface area contributed by atoms with E-state index in [0.29, 0.717) is 26.8 Å². The van der Waals surface area contributed by atoms with Gasteiger partial charge in [-0.25, -0.2) is 4.98 Å². The second kappa shape index (κ2) is 6.04. The quantitative estimate of drug-likeness (QED) is 0.841. The van der Waals surface area contributed by atoms with E-state index >= 15 is 0 Å². The van der Waals surface area contributed by atoms with Gasteiger partial charge in [0.2, 0.25) is 0 Å². The molecule has 0 amide bonds. The summed E-state index contributed by atoms with van der Waals surface area (Å²) in [5.74, 6) is 0.819. The Hall–Kier alpha value is -0.900. The molecule has 5 heteroatoms. The lowest BCUT2D eigenvalue weighted by Crippen LogP contribution is -1.93. The Morgan fingerprint density at radius 3 is 2.32 bits per heavy atom. The lowest BCUT2D eigenvalue weighted by molar-refractivity contribution is 0.865. The van der Waals surface area contributed by atoms with E-state index in [1.807, 2.05) is 0 Å². The minimum Gasteiger partial charge on any atom is -0.382 e. The Morgan fingerprint density at radius 2 is 1.74 bits per heavy atom. The van der Waals surface area contributed by atoms with Gasteiger partial charge in [-0.2, -0.15) is 0 Å². The van der Waals surface area contributed by atoms with E-state index in [1.54, 1.807) is 6.07 Å². The van der Waals surface area contributed by atoms with Crippen molar-refractivity contribution in [3.8, 4) is 0 Å². The van der Waals surface area contributed by atoms with Crippen molar-refractivity contribution in [2.75, 3.05) is 5.73 Å². The summed E-state index contributed by atoms with van der Waals surface area (Å²) < 4.78 is 0. The largest absolute Gasteiger partial charge is 0.382 e. The number of pyridine rings is 1. The highest BCUT2D eigenvalue weighted by Gasteiger charge is 2.09. The molecule has 100 valence electrons. The lowest BCUT2D eigenvalue weighted by Gasteiger charge is -2.08. The Labute approximate surface area is 127 Å². The molecule has 0 aliphatic heterocycles. The number of nitrogen functional groups attached to an aromatic ring is 1. The van der Waals surface area contributed by atoms with Gasteiger partial charge in [-0.05, 0) is 29.7 Å². The predicted molar refractivity (Wildman–Crippen MR) is 83.3 cm³/mol. The Bertz CT molecular complexity index is 583. The van der Waals surface area contributed by atoms with Gasteiger partial charge >= 0.3 is 0 Å². The number of halogens is 2. The molecular formula is C14H14Cl2N2S. The van der Waals surface area contributed by atoms with Gasteiger partial charge in [0.25, 0.3) is 0 Å².